The first-order valence-electron chi connectivity index (χ1n) is 2.89. The summed E-state index contributed by atoms with van der Waals surface area (Å²) < 4.78 is 4.07. The van der Waals surface area contributed by atoms with Crippen LogP contribution in [0.25, 0.3) is 0 Å². The molecule has 0 saturated carbocycles. The molecule has 0 fully saturated rings. The zero-order valence-corrected chi connectivity index (χ0v) is 5.56. The number of ether oxygens (including phenoxy) is 1. The van der Waals surface area contributed by atoms with Gasteiger partial charge in [-0.2, -0.15) is 0 Å². The van der Waals surface area contributed by atoms with Crippen LogP contribution in [0.5, 0.6) is 0 Å². The maximum atomic E-state index is 10.8. The molecule has 0 aliphatic carbocycles. The number of rotatable bonds is 2. The number of hydrogen-bond acceptors (Lipinski definition) is 4. The van der Waals surface area contributed by atoms with Gasteiger partial charge in [0.05, 0.1) is 5.56 Å². The van der Waals surface area contributed by atoms with Gasteiger partial charge in [0.2, 0.25) is 0 Å². The van der Waals surface area contributed by atoms with E-state index in [-0.39, 0.29) is 12.0 Å². The molecule has 0 aliphatic heterocycles. The molecule has 0 unspecified atom stereocenters. The minimum Gasteiger partial charge on any atom is -0.392 e. The monoisotopic (exact) mass is 151 g/mol. The number of hydrogen-bond donors (Lipinski definition) is 0. The van der Waals surface area contributed by atoms with Crippen LogP contribution in [0.15, 0.2) is 24.5 Å². The van der Waals surface area contributed by atoms with E-state index in [1.54, 1.807) is 6.07 Å². The van der Waals surface area contributed by atoms with E-state index in [2.05, 4.69) is 9.72 Å². The number of carbonyl (C=O) groups excluding carboxylic acids is 2. The quantitative estimate of drug-likeness (QED) is 0.348. The summed E-state index contributed by atoms with van der Waals surface area (Å²) >= 11 is 0. The lowest BCUT2D eigenvalue weighted by molar-refractivity contribution is -0.123. The molecule has 11 heavy (non-hydrogen) atoms. The van der Waals surface area contributed by atoms with Crippen molar-refractivity contribution in [2.75, 3.05) is 0 Å². The summed E-state index contributed by atoms with van der Waals surface area (Å²) in [7, 11) is 0. The Kier molecular flexibility index (Phi) is 2.32. The van der Waals surface area contributed by atoms with Gasteiger partial charge >= 0.3 is 12.4 Å². The van der Waals surface area contributed by atoms with Crippen LogP contribution < -0.4 is 0 Å². The van der Waals surface area contributed by atoms with Crippen molar-refractivity contribution in [3.05, 3.63) is 30.1 Å². The van der Waals surface area contributed by atoms with E-state index in [1.165, 1.54) is 18.5 Å². The van der Waals surface area contributed by atoms with Crippen LogP contribution in [-0.2, 0) is 9.53 Å². The average molecular weight is 151 g/mol. The minimum absolute atomic E-state index is 0.0926. The molecule has 4 heteroatoms. The average Bonchev–Trinajstić information content (AvgIpc) is 2.07. The fourth-order valence-electron chi connectivity index (χ4n) is 0.595. The van der Waals surface area contributed by atoms with Gasteiger partial charge in [-0.05, 0) is 12.1 Å². The van der Waals surface area contributed by atoms with E-state index in [4.69, 9.17) is 0 Å². The number of esters is 1. The van der Waals surface area contributed by atoms with Gasteiger partial charge in [0.1, 0.15) is 0 Å². The summed E-state index contributed by atoms with van der Waals surface area (Å²) in [6.07, 6.45) is 2.85. The Morgan fingerprint density at radius 2 is 2.45 bits per heavy atom. The van der Waals surface area contributed by atoms with Crippen LogP contribution in [0.2, 0.25) is 0 Å². The van der Waals surface area contributed by atoms with Gasteiger partial charge in [0.15, 0.2) is 0 Å². The SMILES string of the molecule is O=COC(=O)c1cccnc1. The third-order valence-corrected chi connectivity index (χ3v) is 1.05. The highest BCUT2D eigenvalue weighted by atomic mass is 16.6. The van der Waals surface area contributed by atoms with Crippen LogP contribution >= 0.6 is 0 Å². The lowest BCUT2D eigenvalue weighted by Crippen LogP contribution is -2.02. The molecular weight excluding hydrogens is 146 g/mol. The normalized spacial score (nSPS) is 8.73. The second-order valence-corrected chi connectivity index (χ2v) is 1.74. The summed E-state index contributed by atoms with van der Waals surface area (Å²) in [5.41, 5.74) is 0.264. The van der Waals surface area contributed by atoms with Crippen molar-refractivity contribution >= 4 is 12.4 Å². The van der Waals surface area contributed by atoms with Crippen molar-refractivity contribution in [2.45, 2.75) is 0 Å². The molecule has 0 spiro atoms. The van der Waals surface area contributed by atoms with Crippen molar-refractivity contribution in [3.8, 4) is 0 Å². The number of carbonyl (C=O) groups is 2. The van der Waals surface area contributed by atoms with Crippen molar-refractivity contribution in [3.63, 3.8) is 0 Å². The topological polar surface area (TPSA) is 56.3 Å². The molecule has 0 atom stereocenters. The second kappa shape index (κ2) is 3.46. The zero-order valence-electron chi connectivity index (χ0n) is 5.56. The van der Waals surface area contributed by atoms with E-state index in [9.17, 15) is 9.59 Å². The van der Waals surface area contributed by atoms with Crippen molar-refractivity contribution in [1.82, 2.24) is 4.98 Å². The van der Waals surface area contributed by atoms with E-state index < -0.39 is 5.97 Å². The Balaban J connectivity index is 2.77. The molecule has 0 bridgehead atoms. The Bertz CT molecular complexity index is 258. The van der Waals surface area contributed by atoms with E-state index in [1.807, 2.05) is 0 Å². The molecule has 1 rings (SSSR count). The molecule has 0 amide bonds. The van der Waals surface area contributed by atoms with Gasteiger partial charge in [-0.1, -0.05) is 0 Å². The van der Waals surface area contributed by atoms with Crippen molar-refractivity contribution in [1.29, 1.82) is 0 Å². The maximum Gasteiger partial charge on any atom is 0.347 e. The summed E-state index contributed by atoms with van der Waals surface area (Å²) in [5.74, 6) is -0.687. The summed E-state index contributed by atoms with van der Waals surface area (Å²) in [4.78, 5) is 24.1. The lowest BCUT2D eigenvalue weighted by atomic mass is 10.3. The number of aromatic nitrogens is 1. The fraction of sp³-hybridized carbons (Fsp3) is 0. The van der Waals surface area contributed by atoms with E-state index >= 15 is 0 Å². The Labute approximate surface area is 62.8 Å². The van der Waals surface area contributed by atoms with Gasteiger partial charge in [-0.25, -0.2) is 4.79 Å². The number of pyridine rings is 1. The fourth-order valence-corrected chi connectivity index (χ4v) is 0.595. The molecule has 56 valence electrons. The molecule has 0 saturated heterocycles. The largest absolute Gasteiger partial charge is 0.392 e. The van der Waals surface area contributed by atoms with Crippen LogP contribution in [0.1, 0.15) is 10.4 Å². The molecule has 0 aliphatic rings. The van der Waals surface area contributed by atoms with Crippen molar-refractivity contribution < 1.29 is 14.3 Å². The highest BCUT2D eigenvalue weighted by molar-refractivity contribution is 5.92. The predicted octanol–water partition coefficient (Wildman–Crippen LogP) is 0.395. The summed E-state index contributed by atoms with van der Waals surface area (Å²) in [6.45, 7) is 0.0926. The van der Waals surface area contributed by atoms with Gasteiger partial charge in [0.25, 0.3) is 0 Å². The molecule has 1 aromatic rings. The first-order chi connectivity index (χ1) is 5.34. The molecule has 1 aromatic heterocycles. The van der Waals surface area contributed by atoms with Gasteiger partial charge in [-0.3, -0.25) is 9.78 Å². The molecule has 0 N–H and O–H groups in total. The van der Waals surface area contributed by atoms with Crippen LogP contribution in [0.3, 0.4) is 0 Å². The standard InChI is InChI=1S/C7H5NO3/c9-5-11-7(10)6-2-1-3-8-4-6/h1-5H. The second-order valence-electron chi connectivity index (χ2n) is 1.74. The third-order valence-electron chi connectivity index (χ3n) is 1.05. The van der Waals surface area contributed by atoms with E-state index in [0.29, 0.717) is 0 Å². The molecule has 0 radical (unpaired) electrons. The Morgan fingerprint density at radius 1 is 1.64 bits per heavy atom. The van der Waals surface area contributed by atoms with Gasteiger partial charge in [-0.15, -0.1) is 0 Å². The molecule has 0 aromatic carbocycles. The Hall–Kier alpha value is -1.71. The maximum absolute atomic E-state index is 10.8. The molecule has 1 heterocycles. The summed E-state index contributed by atoms with van der Waals surface area (Å²) in [5, 5.41) is 0. The van der Waals surface area contributed by atoms with E-state index in [0.717, 1.165) is 0 Å². The van der Waals surface area contributed by atoms with Gasteiger partial charge in [0, 0.05) is 12.4 Å². The highest BCUT2D eigenvalue weighted by Crippen LogP contribution is 1.96. The predicted molar refractivity (Wildman–Crippen MR) is 35.7 cm³/mol. The highest BCUT2D eigenvalue weighted by Gasteiger charge is 2.04. The first-order valence-corrected chi connectivity index (χ1v) is 2.89. The first kappa shape index (κ1) is 7.40. The zero-order chi connectivity index (χ0) is 8.10. The molecule has 4 nitrogen and oxygen atoms in total. The lowest BCUT2D eigenvalue weighted by Gasteiger charge is -1.93. The van der Waals surface area contributed by atoms with Crippen molar-refractivity contribution in [2.24, 2.45) is 0 Å². The van der Waals surface area contributed by atoms with Gasteiger partial charge < -0.3 is 4.74 Å². The number of nitrogens with zero attached hydrogens (tertiary/aromatic N) is 1. The molecular formula is C7H5NO3. The minimum atomic E-state index is -0.687. The van der Waals surface area contributed by atoms with Crippen LogP contribution in [0, 0.1) is 0 Å². The third kappa shape index (κ3) is 1.86. The smallest absolute Gasteiger partial charge is 0.347 e. The Morgan fingerprint density at radius 3 is 3.00 bits per heavy atom. The van der Waals surface area contributed by atoms with Crippen LogP contribution in [0.4, 0.5) is 0 Å². The van der Waals surface area contributed by atoms with Crippen LogP contribution in [-0.4, -0.2) is 17.4 Å². The summed E-state index contributed by atoms with van der Waals surface area (Å²) in [6, 6.07) is 3.10.